The molecule has 0 saturated heterocycles. The summed E-state index contributed by atoms with van der Waals surface area (Å²) in [5, 5.41) is 5.28. The van der Waals surface area contributed by atoms with Gasteiger partial charge in [0, 0.05) is 11.1 Å². The molecule has 0 N–H and O–H groups in total. The lowest BCUT2D eigenvalue weighted by molar-refractivity contribution is -0.454. The number of rotatable bonds is 19. The summed E-state index contributed by atoms with van der Waals surface area (Å²) < 4.78 is 432. The predicted molar refractivity (Wildman–Crippen MR) is 192 cm³/mol. The second kappa shape index (κ2) is 19.4. The second-order valence-corrected chi connectivity index (χ2v) is 15.5. The molecule has 0 aliphatic carbocycles. The first-order valence-electron chi connectivity index (χ1n) is 19.5. The summed E-state index contributed by atoms with van der Waals surface area (Å²) in [6.45, 7) is 0. The van der Waals surface area contributed by atoms with Gasteiger partial charge in [0.05, 0.1) is 18.2 Å². The van der Waals surface area contributed by atoms with Gasteiger partial charge in [0.1, 0.15) is 17.2 Å². The van der Waals surface area contributed by atoms with Crippen molar-refractivity contribution in [1.82, 2.24) is 20.3 Å². The molecule has 11 nitrogen and oxygen atoms in total. The first-order valence-corrected chi connectivity index (χ1v) is 19.5. The molecule has 80 heavy (non-hydrogen) atoms. The first kappa shape index (κ1) is 63.4. The Labute approximate surface area is 417 Å². The van der Waals surface area contributed by atoms with Crippen molar-refractivity contribution in [2.75, 3.05) is 7.11 Å². The number of carbonyl (C=O) groups is 2. The van der Waals surface area contributed by atoms with E-state index in [2.05, 4.69) is 29.3 Å². The molecule has 0 saturated carbocycles. The first-order chi connectivity index (χ1) is 35.8. The molecule has 0 fully saturated rings. The lowest BCUT2D eigenvalue weighted by Crippen LogP contribution is -2.72. The van der Waals surface area contributed by atoms with Gasteiger partial charge in [0.2, 0.25) is 11.6 Å². The van der Waals surface area contributed by atoms with Gasteiger partial charge in [0.15, 0.2) is 0 Å². The fourth-order valence-electron chi connectivity index (χ4n) is 5.77. The molecule has 0 bridgehead atoms. The summed E-state index contributed by atoms with van der Waals surface area (Å²) >= 11 is 0. The Hall–Kier alpha value is -7.42. The van der Waals surface area contributed by atoms with E-state index in [4.69, 9.17) is 14.2 Å². The van der Waals surface area contributed by atoms with Crippen molar-refractivity contribution in [2.45, 2.75) is 83.4 Å². The molecule has 0 amide bonds. The van der Waals surface area contributed by atoms with E-state index in [0.717, 1.165) is 19.2 Å². The zero-order valence-corrected chi connectivity index (χ0v) is 36.8. The Morgan fingerprint density at radius 3 is 0.887 bits per heavy atom. The molecule has 5 aromatic rings. The maximum Gasteiger partial charge on any atom is 0.460 e. The highest BCUT2D eigenvalue weighted by molar-refractivity contribution is 5.97. The summed E-state index contributed by atoms with van der Waals surface area (Å²) in [5.74, 6) is -111. The molecule has 2 aromatic heterocycles. The fourth-order valence-corrected chi connectivity index (χ4v) is 5.77. The number of hydrogen-bond donors (Lipinski definition) is 0. The Morgan fingerprint density at radius 2 is 0.625 bits per heavy atom. The van der Waals surface area contributed by atoms with Crippen LogP contribution in [0.2, 0.25) is 0 Å². The molecule has 0 radical (unpaired) electrons. The minimum absolute atomic E-state index is 0.355. The van der Waals surface area contributed by atoms with E-state index in [0.29, 0.717) is 54.6 Å². The van der Waals surface area contributed by atoms with Gasteiger partial charge in [-0.15, -0.1) is 0 Å². The normalized spacial score (nSPS) is 14.5. The quantitative estimate of drug-likeness (QED) is 0.0443. The predicted octanol–water partition coefficient (Wildman–Crippen LogP) is 13.9. The van der Waals surface area contributed by atoms with Crippen LogP contribution in [0.1, 0.15) is 32.5 Å². The van der Waals surface area contributed by atoms with E-state index in [1.54, 1.807) is 0 Å². The summed E-state index contributed by atoms with van der Waals surface area (Å²) in [6, 6.07) is 7.57. The van der Waals surface area contributed by atoms with E-state index >= 15 is 0 Å². The monoisotopic (exact) mass is 1220 g/mol. The molecule has 0 spiro atoms. The van der Waals surface area contributed by atoms with E-state index in [9.17, 15) is 141 Å². The Morgan fingerprint density at radius 1 is 0.362 bits per heavy atom. The molecule has 5 rings (SSSR count). The third kappa shape index (κ3) is 9.61. The maximum atomic E-state index is 14.6. The third-order valence-electron chi connectivity index (χ3n) is 10.3. The smallest absolute Gasteiger partial charge is 0.460 e. The molecule has 2 heterocycles. The summed E-state index contributed by atoms with van der Waals surface area (Å²) in [7, 11) is 0.954. The van der Waals surface area contributed by atoms with Crippen molar-refractivity contribution in [1.29, 1.82) is 0 Å². The zero-order valence-electron chi connectivity index (χ0n) is 36.8. The van der Waals surface area contributed by atoms with Crippen molar-refractivity contribution in [2.24, 2.45) is 0 Å². The zero-order chi connectivity index (χ0) is 61.6. The Kier molecular flexibility index (Phi) is 15.4. The molecule has 0 unspecified atom stereocenters. The SMILES string of the molecule is COc1cc(C(=O)Oc2ccc(-c3noc(C(F)(F)C(F)(F)C(F)(F)C(F)(F)C(F)(F)C(F)(F)C(F)(F)F)n3)cc2)cc(C(=O)Oc2ccc(-c3noc(C(F)(F)C(F)(F)C(F)(F)C(F)(F)C(F)(F)C(F)(F)C(F)(F)F)n3)cc2)c1. The maximum absolute atomic E-state index is 14.6. The third-order valence-corrected chi connectivity index (χ3v) is 10.3. The fraction of sp³-hybridized carbons (Fsp3) is 0.385. The van der Waals surface area contributed by atoms with Crippen LogP contribution in [0.3, 0.4) is 0 Å². The average Bonchev–Trinajstić information content (AvgIpc) is 4.06. The highest BCUT2D eigenvalue weighted by atomic mass is 19.4. The molecule has 0 aliphatic rings. The number of hydrogen-bond acceptors (Lipinski definition) is 11. The van der Waals surface area contributed by atoms with Crippen LogP contribution in [0, 0.1) is 0 Å². The van der Waals surface area contributed by atoms with Crippen molar-refractivity contribution >= 4 is 11.9 Å². The van der Waals surface area contributed by atoms with Crippen LogP contribution in [0.15, 0.2) is 75.8 Å². The van der Waals surface area contributed by atoms with Gasteiger partial charge >= 0.3 is 107 Å². The van der Waals surface area contributed by atoms with Crippen LogP contribution >= 0.6 is 0 Å². The van der Waals surface area contributed by atoms with Crippen LogP contribution in [0.5, 0.6) is 17.2 Å². The number of esters is 2. The lowest BCUT2D eigenvalue weighted by Gasteiger charge is -2.40. The number of carbonyl (C=O) groups excluding carboxylic acids is 2. The minimum Gasteiger partial charge on any atom is -0.497 e. The standard InChI is InChI=1S/C39H14F30N4O7/c1-76-19-11-15(22(74)77-17-6-2-13(3-7-17)20-70-24(79-72-20)26(40,41)28(44,45)30(48,49)32(52,53)34(56,57)36(60,61)38(64,65)66)10-16(12-19)23(75)78-18-8-4-14(5-9-18)21-71-25(80-73-21)27(42,43)29(46,47)31(50,51)33(54,55)35(58,59)37(62,63)39(67,68)69/h2-12H,1H3. The van der Waals surface area contributed by atoms with Gasteiger partial charge in [-0.1, -0.05) is 10.3 Å². The van der Waals surface area contributed by atoms with Gasteiger partial charge in [-0.05, 0) is 66.7 Å². The number of nitrogens with zero attached hydrogens (tertiary/aromatic N) is 4. The lowest BCUT2D eigenvalue weighted by atomic mass is 9.91. The van der Waals surface area contributed by atoms with Gasteiger partial charge in [-0.2, -0.15) is 142 Å². The molecule has 41 heteroatoms. The van der Waals surface area contributed by atoms with E-state index in [1.807, 2.05) is 0 Å². The minimum atomic E-state index is -8.61. The number of benzene rings is 3. The van der Waals surface area contributed by atoms with Crippen molar-refractivity contribution < 1.29 is 165 Å². The number of alkyl halides is 30. The molecular weight excluding hydrogens is 1210 g/mol. The number of halogens is 30. The van der Waals surface area contributed by atoms with Crippen molar-refractivity contribution in [3.63, 3.8) is 0 Å². The van der Waals surface area contributed by atoms with Crippen molar-refractivity contribution in [3.8, 4) is 40.0 Å². The molecule has 3 aromatic carbocycles. The highest BCUT2D eigenvalue weighted by Gasteiger charge is 2.95. The van der Waals surface area contributed by atoms with Crippen molar-refractivity contribution in [3.05, 3.63) is 89.6 Å². The summed E-state index contributed by atoms with van der Waals surface area (Å²) in [6.07, 6.45) is -15.7. The number of aromatic nitrogens is 4. The van der Waals surface area contributed by atoms with Crippen LogP contribution in [-0.4, -0.2) is 111 Å². The van der Waals surface area contributed by atoms with Gasteiger partial charge in [-0.25, -0.2) is 9.59 Å². The molecule has 442 valence electrons. The number of methoxy groups -OCH3 is 1. The summed E-state index contributed by atoms with van der Waals surface area (Å²) in [5.41, 5.74) is -2.72. The van der Waals surface area contributed by atoms with E-state index < -0.39 is 153 Å². The number of ether oxygens (including phenoxy) is 3. The Bertz CT molecular complexity index is 2890. The van der Waals surface area contributed by atoms with Crippen LogP contribution in [-0.2, 0) is 11.8 Å². The van der Waals surface area contributed by atoms with Gasteiger partial charge in [0.25, 0.3) is 0 Å². The van der Waals surface area contributed by atoms with Gasteiger partial charge in [-0.3, -0.25) is 0 Å². The summed E-state index contributed by atoms with van der Waals surface area (Å²) in [4.78, 5) is 31.1. The second-order valence-electron chi connectivity index (χ2n) is 15.5. The Balaban J connectivity index is 1.29. The molecule has 0 atom stereocenters. The van der Waals surface area contributed by atoms with Crippen LogP contribution in [0.4, 0.5) is 132 Å². The van der Waals surface area contributed by atoms with Gasteiger partial charge < -0.3 is 23.3 Å². The van der Waals surface area contributed by atoms with Crippen LogP contribution < -0.4 is 14.2 Å². The van der Waals surface area contributed by atoms with Crippen LogP contribution in [0.25, 0.3) is 22.8 Å². The van der Waals surface area contributed by atoms with E-state index in [-0.39, 0.29) is 5.75 Å². The topological polar surface area (TPSA) is 140 Å². The molecular formula is C39H14F30N4O7. The largest absolute Gasteiger partial charge is 0.497 e. The highest BCUT2D eigenvalue weighted by Crippen LogP contribution is 2.65. The molecule has 0 aliphatic heterocycles. The van der Waals surface area contributed by atoms with E-state index in [1.165, 1.54) is 0 Å². The average molecular weight is 1220 g/mol.